The van der Waals surface area contributed by atoms with Gasteiger partial charge in [0, 0.05) is 20.3 Å². The number of halogens is 2. The van der Waals surface area contributed by atoms with Crippen LogP contribution in [0.4, 0.5) is 14.7 Å². The van der Waals surface area contributed by atoms with Crippen LogP contribution in [0.3, 0.4) is 0 Å². The highest BCUT2D eigenvalue weighted by atomic mass is 32.2. The number of aromatic nitrogens is 2. The van der Waals surface area contributed by atoms with E-state index in [0.29, 0.717) is 17.7 Å². The van der Waals surface area contributed by atoms with Crippen LogP contribution in [0, 0.1) is 11.6 Å². The summed E-state index contributed by atoms with van der Waals surface area (Å²) in [5.41, 5.74) is 0.402. The Morgan fingerprint density at radius 3 is 2.64 bits per heavy atom. The van der Waals surface area contributed by atoms with Gasteiger partial charge in [0.1, 0.15) is 16.5 Å². The molecule has 0 atom stereocenters. The van der Waals surface area contributed by atoms with Crippen LogP contribution in [-0.2, 0) is 16.6 Å². The zero-order chi connectivity index (χ0) is 16.3. The van der Waals surface area contributed by atoms with E-state index < -0.39 is 26.6 Å². The van der Waals surface area contributed by atoms with E-state index in [2.05, 4.69) is 14.7 Å². The summed E-state index contributed by atoms with van der Waals surface area (Å²) in [6.45, 7) is -0.165. The van der Waals surface area contributed by atoms with E-state index in [-0.39, 0.29) is 6.54 Å². The van der Waals surface area contributed by atoms with Crippen LogP contribution in [-0.4, -0.2) is 32.5 Å². The SMILES string of the molecule is CN(C)c1nccc(CNS(=O)(=O)c2cc(F)ccc2F)n1. The lowest BCUT2D eigenvalue weighted by atomic mass is 10.3. The van der Waals surface area contributed by atoms with Crippen molar-refractivity contribution < 1.29 is 17.2 Å². The maximum atomic E-state index is 13.5. The Labute approximate surface area is 126 Å². The van der Waals surface area contributed by atoms with Crippen molar-refractivity contribution >= 4 is 16.0 Å². The quantitative estimate of drug-likeness (QED) is 0.895. The zero-order valence-electron chi connectivity index (χ0n) is 11.9. The van der Waals surface area contributed by atoms with E-state index >= 15 is 0 Å². The molecule has 0 unspecified atom stereocenters. The van der Waals surface area contributed by atoms with Crippen molar-refractivity contribution in [3.05, 3.63) is 47.8 Å². The van der Waals surface area contributed by atoms with E-state index in [1.54, 1.807) is 19.0 Å². The molecule has 9 heteroatoms. The minimum absolute atomic E-state index is 0.165. The number of benzene rings is 1. The van der Waals surface area contributed by atoms with Crippen LogP contribution in [0.25, 0.3) is 0 Å². The van der Waals surface area contributed by atoms with Gasteiger partial charge in [0.25, 0.3) is 0 Å². The van der Waals surface area contributed by atoms with Gasteiger partial charge in [-0.25, -0.2) is 31.9 Å². The summed E-state index contributed by atoms with van der Waals surface area (Å²) < 4.78 is 52.9. The highest BCUT2D eigenvalue weighted by Crippen LogP contribution is 2.16. The molecule has 2 aromatic rings. The molecule has 0 bridgehead atoms. The lowest BCUT2D eigenvalue weighted by molar-refractivity contribution is 0.545. The summed E-state index contributed by atoms with van der Waals surface area (Å²) in [5, 5.41) is 0. The average Bonchev–Trinajstić information content (AvgIpc) is 2.48. The second-order valence-corrected chi connectivity index (χ2v) is 6.38. The average molecular weight is 328 g/mol. The van der Waals surface area contributed by atoms with Crippen molar-refractivity contribution in [1.29, 1.82) is 0 Å². The van der Waals surface area contributed by atoms with Gasteiger partial charge in [0.2, 0.25) is 16.0 Å². The third kappa shape index (κ3) is 3.74. The van der Waals surface area contributed by atoms with E-state index in [1.807, 2.05) is 0 Å². The number of hydrogen-bond acceptors (Lipinski definition) is 5. The Morgan fingerprint density at radius 1 is 1.23 bits per heavy atom. The lowest BCUT2D eigenvalue weighted by Gasteiger charge is -2.11. The molecule has 0 radical (unpaired) electrons. The van der Waals surface area contributed by atoms with Crippen molar-refractivity contribution in [2.24, 2.45) is 0 Å². The molecule has 0 aliphatic heterocycles. The van der Waals surface area contributed by atoms with Gasteiger partial charge in [0.15, 0.2) is 0 Å². The highest BCUT2D eigenvalue weighted by molar-refractivity contribution is 7.89. The molecule has 1 heterocycles. The monoisotopic (exact) mass is 328 g/mol. The van der Waals surface area contributed by atoms with E-state index in [1.165, 1.54) is 12.3 Å². The predicted octanol–water partition coefficient (Wildman–Crippen LogP) is 1.30. The van der Waals surface area contributed by atoms with Crippen LogP contribution in [0.2, 0.25) is 0 Å². The van der Waals surface area contributed by atoms with Crippen LogP contribution in [0.15, 0.2) is 35.4 Å². The van der Waals surface area contributed by atoms with Gasteiger partial charge in [0.05, 0.1) is 12.2 Å². The molecule has 0 aliphatic carbocycles. The molecular weight excluding hydrogens is 314 g/mol. The maximum Gasteiger partial charge on any atom is 0.243 e. The first-order chi connectivity index (χ1) is 10.3. The van der Waals surface area contributed by atoms with E-state index in [0.717, 1.165) is 12.1 Å². The molecule has 0 aliphatic rings. The second-order valence-electron chi connectivity index (χ2n) is 4.64. The zero-order valence-corrected chi connectivity index (χ0v) is 12.7. The molecule has 0 fully saturated rings. The summed E-state index contributed by atoms with van der Waals surface area (Å²) in [7, 11) is -0.701. The fourth-order valence-corrected chi connectivity index (χ4v) is 2.71. The summed E-state index contributed by atoms with van der Waals surface area (Å²) in [5.74, 6) is -1.45. The second kappa shape index (κ2) is 6.32. The van der Waals surface area contributed by atoms with Crippen molar-refractivity contribution in [3.63, 3.8) is 0 Å². The van der Waals surface area contributed by atoms with Crippen molar-refractivity contribution in [3.8, 4) is 0 Å². The molecular formula is C13H14F2N4O2S. The molecule has 0 amide bonds. The number of nitrogens with zero attached hydrogens (tertiary/aromatic N) is 3. The minimum Gasteiger partial charge on any atom is -0.347 e. The largest absolute Gasteiger partial charge is 0.347 e. The number of rotatable bonds is 5. The van der Waals surface area contributed by atoms with Crippen LogP contribution in [0.5, 0.6) is 0 Å². The molecule has 2 rings (SSSR count). The Kier molecular flexibility index (Phi) is 4.67. The van der Waals surface area contributed by atoms with Crippen molar-refractivity contribution in [2.75, 3.05) is 19.0 Å². The third-order valence-electron chi connectivity index (χ3n) is 2.73. The smallest absolute Gasteiger partial charge is 0.243 e. The van der Waals surface area contributed by atoms with Gasteiger partial charge in [-0.3, -0.25) is 0 Å². The molecule has 118 valence electrons. The molecule has 6 nitrogen and oxygen atoms in total. The molecule has 0 saturated carbocycles. The molecule has 0 saturated heterocycles. The summed E-state index contributed by atoms with van der Waals surface area (Å²) in [6.07, 6.45) is 1.48. The Balaban J connectivity index is 2.20. The number of nitrogens with one attached hydrogen (secondary N) is 1. The molecule has 22 heavy (non-hydrogen) atoms. The molecule has 1 aromatic heterocycles. The Hall–Kier alpha value is -2.13. The first-order valence-electron chi connectivity index (χ1n) is 6.23. The third-order valence-corrected chi connectivity index (χ3v) is 4.14. The van der Waals surface area contributed by atoms with E-state index in [4.69, 9.17) is 0 Å². The van der Waals surface area contributed by atoms with Gasteiger partial charge in [-0.05, 0) is 24.3 Å². The first-order valence-corrected chi connectivity index (χ1v) is 7.72. The fourth-order valence-electron chi connectivity index (χ4n) is 1.63. The Morgan fingerprint density at radius 2 is 1.95 bits per heavy atom. The van der Waals surface area contributed by atoms with Gasteiger partial charge in [-0.2, -0.15) is 0 Å². The van der Waals surface area contributed by atoms with Gasteiger partial charge in [-0.15, -0.1) is 0 Å². The molecule has 0 spiro atoms. The van der Waals surface area contributed by atoms with Crippen LogP contribution < -0.4 is 9.62 Å². The van der Waals surface area contributed by atoms with E-state index in [9.17, 15) is 17.2 Å². The number of sulfonamides is 1. The van der Waals surface area contributed by atoms with Gasteiger partial charge >= 0.3 is 0 Å². The Bertz CT molecular complexity index is 781. The predicted molar refractivity (Wildman–Crippen MR) is 76.7 cm³/mol. The van der Waals surface area contributed by atoms with Crippen LogP contribution in [0.1, 0.15) is 5.69 Å². The number of hydrogen-bond donors (Lipinski definition) is 1. The summed E-state index contributed by atoms with van der Waals surface area (Å²) >= 11 is 0. The molecule has 1 N–H and O–H groups in total. The van der Waals surface area contributed by atoms with Crippen LogP contribution >= 0.6 is 0 Å². The van der Waals surface area contributed by atoms with Crippen molar-refractivity contribution in [1.82, 2.24) is 14.7 Å². The van der Waals surface area contributed by atoms with Gasteiger partial charge < -0.3 is 4.90 Å². The minimum atomic E-state index is -4.18. The normalized spacial score (nSPS) is 11.5. The number of anilines is 1. The first kappa shape index (κ1) is 16.2. The fraction of sp³-hybridized carbons (Fsp3) is 0.231. The van der Waals surface area contributed by atoms with Crippen molar-refractivity contribution in [2.45, 2.75) is 11.4 Å². The maximum absolute atomic E-state index is 13.5. The molecule has 1 aromatic carbocycles. The lowest BCUT2D eigenvalue weighted by Crippen LogP contribution is -2.25. The standard InChI is InChI=1S/C13H14F2N4O2S/c1-19(2)13-16-6-5-10(18-13)8-17-22(20,21)12-7-9(14)3-4-11(12)15/h3-7,17H,8H2,1-2H3. The summed E-state index contributed by atoms with van der Waals surface area (Å²) in [6, 6.07) is 3.77. The topological polar surface area (TPSA) is 75.2 Å². The van der Waals surface area contributed by atoms with Gasteiger partial charge in [-0.1, -0.05) is 0 Å². The summed E-state index contributed by atoms with van der Waals surface area (Å²) in [4.78, 5) is 9.04. The highest BCUT2D eigenvalue weighted by Gasteiger charge is 2.20.